The number of aliphatic carboxylic acids is 1. The number of likely N-dealkylation sites (N-methyl/N-ethyl adjacent to an activating group) is 1. The van der Waals surface area contributed by atoms with Crippen molar-refractivity contribution in [3.8, 4) is 11.5 Å². The molecule has 1 rings (SSSR count). The van der Waals surface area contributed by atoms with Crippen molar-refractivity contribution in [2.45, 2.75) is 19.3 Å². The molecule has 6 nitrogen and oxygen atoms in total. The van der Waals surface area contributed by atoms with E-state index < -0.39 is 5.97 Å². The number of nitrogens with zero attached hydrogens (tertiary/aromatic N) is 1. The lowest BCUT2D eigenvalue weighted by Crippen LogP contribution is -2.29. The summed E-state index contributed by atoms with van der Waals surface area (Å²) in [5.74, 6) is 0.230. The van der Waals surface area contributed by atoms with Gasteiger partial charge in [0.15, 0.2) is 0 Å². The first-order valence-electron chi connectivity index (χ1n) is 6.65. The normalized spacial score (nSPS) is 10.0. The Morgan fingerprint density at radius 3 is 2.24 bits per heavy atom. The van der Waals surface area contributed by atoms with Crippen LogP contribution in [0.4, 0.5) is 0 Å². The largest absolute Gasteiger partial charge is 0.496 e. The predicted molar refractivity (Wildman–Crippen MR) is 77.8 cm³/mol. The second kappa shape index (κ2) is 8.14. The van der Waals surface area contributed by atoms with Gasteiger partial charge in [-0.05, 0) is 18.6 Å². The third kappa shape index (κ3) is 4.98. The van der Waals surface area contributed by atoms with E-state index in [9.17, 15) is 9.59 Å². The highest BCUT2D eigenvalue weighted by Crippen LogP contribution is 2.28. The molecule has 1 N–H and O–H groups in total. The average Bonchev–Trinajstić information content (AvgIpc) is 2.46. The number of carboxylic acid groups (broad SMARTS) is 1. The summed E-state index contributed by atoms with van der Waals surface area (Å²) in [4.78, 5) is 24.2. The smallest absolute Gasteiger partial charge is 0.303 e. The molecular formula is C15H21NO5. The summed E-state index contributed by atoms with van der Waals surface area (Å²) in [5.41, 5.74) is 0.692. The van der Waals surface area contributed by atoms with Crippen molar-refractivity contribution in [3.63, 3.8) is 0 Å². The Morgan fingerprint density at radius 1 is 1.19 bits per heavy atom. The van der Waals surface area contributed by atoms with E-state index in [1.807, 2.05) is 0 Å². The van der Waals surface area contributed by atoms with Crippen molar-refractivity contribution in [2.75, 3.05) is 27.8 Å². The van der Waals surface area contributed by atoms with Crippen molar-refractivity contribution < 1.29 is 24.2 Å². The molecule has 0 aliphatic rings. The predicted octanol–water partition coefficient (Wildman–Crippen LogP) is 1.57. The fourth-order valence-electron chi connectivity index (χ4n) is 1.98. The molecule has 0 heterocycles. The van der Waals surface area contributed by atoms with E-state index in [0.717, 1.165) is 0 Å². The van der Waals surface area contributed by atoms with Crippen LogP contribution in [-0.2, 0) is 16.0 Å². The SMILES string of the molecule is COc1cccc(OC)c1CC(=O)N(C)CCCC(=O)O. The molecule has 0 unspecified atom stereocenters. The maximum atomic E-state index is 12.2. The van der Waals surface area contributed by atoms with Crippen LogP contribution in [0.15, 0.2) is 18.2 Å². The topological polar surface area (TPSA) is 76.1 Å². The van der Waals surface area contributed by atoms with Crippen LogP contribution in [0.5, 0.6) is 11.5 Å². The van der Waals surface area contributed by atoms with E-state index in [1.165, 1.54) is 4.90 Å². The zero-order chi connectivity index (χ0) is 15.8. The van der Waals surface area contributed by atoms with Crippen molar-refractivity contribution >= 4 is 11.9 Å². The quantitative estimate of drug-likeness (QED) is 0.788. The Balaban J connectivity index is 2.71. The fraction of sp³-hybridized carbons (Fsp3) is 0.467. The first-order valence-corrected chi connectivity index (χ1v) is 6.65. The lowest BCUT2D eigenvalue weighted by Gasteiger charge is -2.18. The number of ether oxygens (including phenoxy) is 2. The number of carbonyl (C=O) groups excluding carboxylic acids is 1. The van der Waals surface area contributed by atoms with Crippen LogP contribution in [0.2, 0.25) is 0 Å². The molecule has 0 aromatic heterocycles. The minimum Gasteiger partial charge on any atom is -0.496 e. The number of hydrogen-bond donors (Lipinski definition) is 1. The molecule has 0 fully saturated rings. The highest BCUT2D eigenvalue weighted by molar-refractivity contribution is 5.80. The van der Waals surface area contributed by atoms with Gasteiger partial charge >= 0.3 is 5.97 Å². The number of amides is 1. The Labute approximate surface area is 124 Å². The molecular weight excluding hydrogens is 274 g/mol. The first-order chi connectivity index (χ1) is 9.99. The minimum atomic E-state index is -0.859. The van der Waals surface area contributed by atoms with Crippen LogP contribution in [0.3, 0.4) is 0 Å². The number of hydrogen-bond acceptors (Lipinski definition) is 4. The van der Waals surface area contributed by atoms with E-state index in [1.54, 1.807) is 39.5 Å². The third-order valence-corrected chi connectivity index (χ3v) is 3.17. The molecule has 0 aliphatic carbocycles. The molecule has 1 amide bonds. The molecule has 0 radical (unpaired) electrons. The summed E-state index contributed by atoms with van der Waals surface area (Å²) in [6.45, 7) is 0.405. The van der Waals surface area contributed by atoms with E-state index in [-0.39, 0.29) is 18.7 Å². The van der Waals surface area contributed by atoms with E-state index >= 15 is 0 Å². The molecule has 1 aromatic carbocycles. The second-order valence-electron chi connectivity index (χ2n) is 4.63. The van der Waals surface area contributed by atoms with E-state index in [4.69, 9.17) is 14.6 Å². The van der Waals surface area contributed by atoms with Crippen LogP contribution in [-0.4, -0.2) is 49.7 Å². The number of benzene rings is 1. The standard InChI is InChI=1S/C15H21NO5/c1-16(9-5-8-15(18)19)14(17)10-11-12(20-2)6-4-7-13(11)21-3/h4,6-7H,5,8-10H2,1-3H3,(H,18,19). The molecule has 116 valence electrons. The summed E-state index contributed by atoms with van der Waals surface area (Å²) in [5, 5.41) is 8.60. The highest BCUT2D eigenvalue weighted by Gasteiger charge is 2.17. The van der Waals surface area contributed by atoms with Crippen LogP contribution in [0, 0.1) is 0 Å². The molecule has 1 aromatic rings. The number of carbonyl (C=O) groups is 2. The van der Waals surface area contributed by atoms with E-state index in [0.29, 0.717) is 30.0 Å². The summed E-state index contributed by atoms with van der Waals surface area (Å²) in [6, 6.07) is 5.34. The molecule has 0 aliphatic heterocycles. The molecule has 0 bridgehead atoms. The fourth-order valence-corrected chi connectivity index (χ4v) is 1.98. The lowest BCUT2D eigenvalue weighted by molar-refractivity contribution is -0.138. The average molecular weight is 295 g/mol. The Hall–Kier alpha value is -2.24. The van der Waals surface area contributed by atoms with Gasteiger partial charge in [0.1, 0.15) is 11.5 Å². The van der Waals surface area contributed by atoms with Gasteiger partial charge in [-0.2, -0.15) is 0 Å². The lowest BCUT2D eigenvalue weighted by atomic mass is 10.1. The van der Waals surface area contributed by atoms with Crippen molar-refractivity contribution in [1.29, 1.82) is 0 Å². The number of methoxy groups -OCH3 is 2. The Bertz CT molecular complexity index is 479. The zero-order valence-corrected chi connectivity index (χ0v) is 12.6. The summed E-state index contributed by atoms with van der Waals surface area (Å²) in [6.07, 6.45) is 0.632. The number of rotatable bonds is 8. The monoisotopic (exact) mass is 295 g/mol. The van der Waals surface area contributed by atoms with Gasteiger partial charge < -0.3 is 19.5 Å². The summed E-state index contributed by atoms with van der Waals surface area (Å²) < 4.78 is 10.5. The van der Waals surface area contributed by atoms with Crippen molar-refractivity contribution in [1.82, 2.24) is 4.90 Å². The highest BCUT2D eigenvalue weighted by atomic mass is 16.5. The molecule has 0 spiro atoms. The first kappa shape index (κ1) is 16.8. The molecule has 21 heavy (non-hydrogen) atoms. The zero-order valence-electron chi connectivity index (χ0n) is 12.6. The van der Waals surface area contributed by atoms with Crippen LogP contribution in [0.1, 0.15) is 18.4 Å². The second-order valence-corrected chi connectivity index (χ2v) is 4.63. The van der Waals surface area contributed by atoms with Gasteiger partial charge in [0.25, 0.3) is 0 Å². The minimum absolute atomic E-state index is 0.0512. The van der Waals surface area contributed by atoms with E-state index in [2.05, 4.69) is 0 Å². The van der Waals surface area contributed by atoms with Crippen LogP contribution >= 0.6 is 0 Å². The maximum Gasteiger partial charge on any atom is 0.303 e. The van der Waals surface area contributed by atoms with Gasteiger partial charge in [-0.3, -0.25) is 9.59 Å². The van der Waals surface area contributed by atoms with Gasteiger partial charge in [-0.1, -0.05) is 6.07 Å². The van der Waals surface area contributed by atoms with Gasteiger partial charge in [-0.25, -0.2) is 0 Å². The van der Waals surface area contributed by atoms with Crippen molar-refractivity contribution in [2.24, 2.45) is 0 Å². The molecule has 0 atom stereocenters. The van der Waals surface area contributed by atoms with Crippen LogP contribution < -0.4 is 9.47 Å². The molecule has 6 heteroatoms. The Kier molecular flexibility index (Phi) is 6.52. The van der Waals surface area contributed by atoms with Gasteiger partial charge in [-0.15, -0.1) is 0 Å². The molecule has 0 saturated heterocycles. The summed E-state index contributed by atoms with van der Waals surface area (Å²) in [7, 11) is 4.74. The van der Waals surface area contributed by atoms with Gasteiger partial charge in [0, 0.05) is 25.6 Å². The summed E-state index contributed by atoms with van der Waals surface area (Å²) >= 11 is 0. The maximum absolute atomic E-state index is 12.2. The number of carboxylic acids is 1. The van der Waals surface area contributed by atoms with Gasteiger partial charge in [0.05, 0.1) is 20.6 Å². The molecule has 0 saturated carbocycles. The third-order valence-electron chi connectivity index (χ3n) is 3.17. The van der Waals surface area contributed by atoms with Crippen LogP contribution in [0.25, 0.3) is 0 Å². The van der Waals surface area contributed by atoms with Gasteiger partial charge in [0.2, 0.25) is 5.91 Å². The Morgan fingerprint density at radius 2 is 1.76 bits per heavy atom. The van der Waals surface area contributed by atoms with Crippen molar-refractivity contribution in [3.05, 3.63) is 23.8 Å².